The first-order chi connectivity index (χ1) is 18.5. The van der Waals surface area contributed by atoms with Crippen molar-refractivity contribution in [3.8, 4) is 11.1 Å². The highest BCUT2D eigenvalue weighted by atomic mass is 32.2. The highest BCUT2D eigenvalue weighted by Crippen LogP contribution is 2.35. The van der Waals surface area contributed by atoms with E-state index in [1.807, 2.05) is 20.1 Å². The maximum atomic E-state index is 14.3. The molecule has 0 saturated carbocycles. The molecule has 0 aliphatic heterocycles. The fraction of sp³-hybridized carbons (Fsp3) is 0.500. The zero-order valence-corrected chi connectivity index (χ0v) is 25.2. The molecule has 0 heterocycles. The van der Waals surface area contributed by atoms with E-state index in [1.54, 1.807) is 26.2 Å². The van der Waals surface area contributed by atoms with Gasteiger partial charge in [0.1, 0.15) is 12.1 Å². The molecule has 222 valence electrons. The predicted octanol–water partition coefficient (Wildman–Crippen LogP) is 4.69. The first kappa shape index (κ1) is 33.6. The molecule has 40 heavy (non-hydrogen) atoms. The van der Waals surface area contributed by atoms with E-state index in [-0.39, 0.29) is 28.7 Å². The minimum atomic E-state index is -4.70. The van der Waals surface area contributed by atoms with E-state index >= 15 is 0 Å². The van der Waals surface area contributed by atoms with Gasteiger partial charge >= 0.3 is 6.18 Å². The van der Waals surface area contributed by atoms with Crippen molar-refractivity contribution in [1.29, 1.82) is 0 Å². The Labute approximate surface area is 239 Å². The van der Waals surface area contributed by atoms with Crippen molar-refractivity contribution in [3.05, 3.63) is 54.1 Å². The smallest absolute Gasteiger partial charge is 0.347 e. The SMILES string of the molecule is CSCC[C@H](NC(=O)[C@H](CC(C)C)N[C@@H](c1ccc(-c2ccc(S(C)(=O)=O)cc2)cc1)C(F)(F)F)C(=O)N(C)C. The zero-order chi connectivity index (χ0) is 30.3. The van der Waals surface area contributed by atoms with Gasteiger partial charge in [-0.15, -0.1) is 0 Å². The van der Waals surface area contributed by atoms with Gasteiger partial charge in [-0.25, -0.2) is 8.42 Å². The Balaban J connectivity index is 2.33. The largest absolute Gasteiger partial charge is 0.407 e. The van der Waals surface area contributed by atoms with Gasteiger partial charge < -0.3 is 10.2 Å². The number of nitrogens with zero attached hydrogens (tertiary/aromatic N) is 1. The van der Waals surface area contributed by atoms with Crippen molar-refractivity contribution in [2.75, 3.05) is 32.4 Å². The fourth-order valence-corrected chi connectivity index (χ4v) is 5.24. The third-order valence-electron chi connectivity index (χ3n) is 6.24. The summed E-state index contributed by atoms with van der Waals surface area (Å²) in [5.74, 6) is -0.477. The number of benzene rings is 2. The summed E-state index contributed by atoms with van der Waals surface area (Å²) in [7, 11) is -0.247. The van der Waals surface area contributed by atoms with Crippen LogP contribution in [0.1, 0.15) is 38.3 Å². The van der Waals surface area contributed by atoms with Crippen LogP contribution in [-0.2, 0) is 19.4 Å². The van der Waals surface area contributed by atoms with Gasteiger partial charge in [-0.1, -0.05) is 50.2 Å². The lowest BCUT2D eigenvalue weighted by molar-refractivity contribution is -0.161. The number of rotatable bonds is 13. The molecule has 2 aromatic rings. The van der Waals surface area contributed by atoms with Crippen LogP contribution in [0.3, 0.4) is 0 Å². The maximum absolute atomic E-state index is 14.3. The molecule has 0 spiro atoms. The van der Waals surface area contributed by atoms with E-state index in [1.165, 1.54) is 53.1 Å². The van der Waals surface area contributed by atoms with Gasteiger partial charge in [0.2, 0.25) is 11.8 Å². The van der Waals surface area contributed by atoms with Crippen LogP contribution in [-0.4, -0.2) is 75.8 Å². The van der Waals surface area contributed by atoms with Crippen LogP contribution in [0.25, 0.3) is 11.1 Å². The molecule has 0 saturated heterocycles. The summed E-state index contributed by atoms with van der Waals surface area (Å²) < 4.78 is 66.3. The number of likely N-dealkylation sites (N-methyl/N-ethyl adjacent to an activating group) is 1. The molecule has 0 unspecified atom stereocenters. The molecule has 2 amide bonds. The molecule has 2 N–H and O–H groups in total. The van der Waals surface area contributed by atoms with E-state index in [2.05, 4.69) is 10.6 Å². The second-order valence-electron chi connectivity index (χ2n) is 10.3. The number of halogens is 3. The van der Waals surface area contributed by atoms with Crippen LogP contribution in [0.4, 0.5) is 13.2 Å². The third kappa shape index (κ3) is 9.81. The normalized spacial score (nSPS) is 14.4. The van der Waals surface area contributed by atoms with Crippen molar-refractivity contribution in [2.24, 2.45) is 5.92 Å². The van der Waals surface area contributed by atoms with Crippen LogP contribution < -0.4 is 10.6 Å². The number of hydrogen-bond acceptors (Lipinski definition) is 6. The monoisotopic (exact) mass is 601 g/mol. The van der Waals surface area contributed by atoms with Gasteiger partial charge in [0, 0.05) is 20.4 Å². The number of hydrogen-bond donors (Lipinski definition) is 2. The Hall–Kier alpha value is -2.57. The number of sulfone groups is 1. The van der Waals surface area contributed by atoms with Crippen LogP contribution in [0, 0.1) is 5.92 Å². The van der Waals surface area contributed by atoms with E-state index < -0.39 is 40.0 Å². The topological polar surface area (TPSA) is 95.6 Å². The Bertz CT molecular complexity index is 1230. The highest BCUT2D eigenvalue weighted by Gasteiger charge is 2.43. The van der Waals surface area contributed by atoms with Crippen molar-refractivity contribution in [2.45, 2.75) is 55.9 Å². The van der Waals surface area contributed by atoms with Crippen LogP contribution in [0.2, 0.25) is 0 Å². The van der Waals surface area contributed by atoms with Gasteiger partial charge in [-0.05, 0) is 59.6 Å². The van der Waals surface area contributed by atoms with E-state index in [9.17, 15) is 31.2 Å². The average molecular weight is 602 g/mol. The summed E-state index contributed by atoms with van der Waals surface area (Å²) in [4.78, 5) is 27.4. The number of nitrogens with one attached hydrogen (secondary N) is 2. The second kappa shape index (κ2) is 14.4. The predicted molar refractivity (Wildman–Crippen MR) is 154 cm³/mol. The van der Waals surface area contributed by atoms with Crippen molar-refractivity contribution < 1.29 is 31.2 Å². The van der Waals surface area contributed by atoms with Crippen LogP contribution >= 0.6 is 11.8 Å². The summed E-state index contributed by atoms with van der Waals surface area (Å²) in [5, 5.41) is 5.20. The first-order valence-corrected chi connectivity index (χ1v) is 16.1. The molecule has 2 rings (SSSR count). The summed E-state index contributed by atoms with van der Waals surface area (Å²) >= 11 is 1.50. The van der Waals surface area contributed by atoms with Gasteiger partial charge in [-0.2, -0.15) is 24.9 Å². The van der Waals surface area contributed by atoms with E-state index in [4.69, 9.17) is 0 Å². The van der Waals surface area contributed by atoms with Gasteiger partial charge in [0.15, 0.2) is 9.84 Å². The Morgan fingerprint density at radius 1 is 0.950 bits per heavy atom. The van der Waals surface area contributed by atoms with E-state index in [0.29, 0.717) is 23.3 Å². The summed E-state index contributed by atoms with van der Waals surface area (Å²) in [5.41, 5.74) is 1.18. The minimum Gasteiger partial charge on any atom is -0.347 e. The van der Waals surface area contributed by atoms with Crippen LogP contribution in [0.15, 0.2) is 53.4 Å². The Morgan fingerprint density at radius 2 is 1.48 bits per heavy atom. The molecule has 0 radical (unpaired) electrons. The molecule has 2 aromatic carbocycles. The molecule has 7 nitrogen and oxygen atoms in total. The number of carbonyl (C=O) groups excluding carboxylic acids is 2. The lowest BCUT2D eigenvalue weighted by atomic mass is 9.97. The third-order valence-corrected chi connectivity index (χ3v) is 8.02. The molecular formula is C28H38F3N3O4S2. The lowest BCUT2D eigenvalue weighted by Gasteiger charge is -2.30. The van der Waals surface area contributed by atoms with Crippen molar-refractivity contribution in [3.63, 3.8) is 0 Å². The molecular weight excluding hydrogens is 563 g/mol. The zero-order valence-electron chi connectivity index (χ0n) is 23.6. The maximum Gasteiger partial charge on any atom is 0.407 e. The summed E-state index contributed by atoms with van der Waals surface area (Å²) in [6.45, 7) is 3.62. The summed E-state index contributed by atoms with van der Waals surface area (Å²) in [6.07, 6.45) is -1.25. The molecule has 0 bridgehead atoms. The fourth-order valence-electron chi connectivity index (χ4n) is 4.14. The quantitative estimate of drug-likeness (QED) is 0.346. The molecule has 0 aromatic heterocycles. The number of carbonyl (C=O) groups is 2. The highest BCUT2D eigenvalue weighted by molar-refractivity contribution is 7.98. The standard InChI is InChI=1S/C28H38F3N3O4S2/c1-18(2)17-24(26(35)33-23(15-16-39-5)27(36)34(3)4)32-25(28(29,30)31)21-9-7-19(8-10-21)20-11-13-22(14-12-20)40(6,37)38/h7-14,18,23-25,32H,15-17H2,1-6H3,(H,33,35)/t23-,24-,25-/m0/s1. The first-order valence-electron chi connectivity index (χ1n) is 12.8. The van der Waals surface area contributed by atoms with Gasteiger partial charge in [0.05, 0.1) is 10.9 Å². The minimum absolute atomic E-state index is 0.0751. The van der Waals surface area contributed by atoms with Crippen LogP contribution in [0.5, 0.6) is 0 Å². The molecule has 3 atom stereocenters. The lowest BCUT2D eigenvalue weighted by Crippen LogP contribution is -2.54. The number of amides is 2. The number of alkyl halides is 3. The van der Waals surface area contributed by atoms with Gasteiger partial charge in [-0.3, -0.25) is 14.9 Å². The second-order valence-corrected chi connectivity index (χ2v) is 13.3. The Kier molecular flexibility index (Phi) is 12.1. The average Bonchev–Trinajstić information content (AvgIpc) is 2.87. The van der Waals surface area contributed by atoms with Crippen molar-refractivity contribution in [1.82, 2.24) is 15.5 Å². The Morgan fingerprint density at radius 3 is 1.90 bits per heavy atom. The molecule has 12 heteroatoms. The van der Waals surface area contributed by atoms with Gasteiger partial charge in [0.25, 0.3) is 0 Å². The molecule has 0 aliphatic rings. The van der Waals surface area contributed by atoms with Crippen molar-refractivity contribution >= 4 is 33.4 Å². The summed E-state index contributed by atoms with van der Waals surface area (Å²) in [6, 6.07) is 7.64. The number of thioether (sulfide) groups is 1. The van der Waals surface area contributed by atoms with E-state index in [0.717, 1.165) is 6.26 Å². The molecule has 0 fully saturated rings. The molecule has 0 aliphatic carbocycles.